The SMILES string of the molecule is CCOCC(NC(=O)COCCN)C(C)C. The van der Waals surface area contributed by atoms with Crippen LogP contribution in [0.15, 0.2) is 0 Å². The van der Waals surface area contributed by atoms with Crippen LogP contribution in [0.3, 0.4) is 0 Å². The number of carbonyl (C=O) groups excluding carboxylic acids is 1. The summed E-state index contributed by atoms with van der Waals surface area (Å²) < 4.78 is 10.4. The molecule has 0 spiro atoms. The minimum Gasteiger partial charge on any atom is -0.380 e. The molecular formula is C11H24N2O3. The van der Waals surface area contributed by atoms with Gasteiger partial charge in [-0.05, 0) is 12.8 Å². The summed E-state index contributed by atoms with van der Waals surface area (Å²) in [7, 11) is 0. The third-order valence-electron chi connectivity index (χ3n) is 2.15. The van der Waals surface area contributed by atoms with E-state index in [4.69, 9.17) is 15.2 Å². The van der Waals surface area contributed by atoms with Crippen LogP contribution in [0.4, 0.5) is 0 Å². The highest BCUT2D eigenvalue weighted by atomic mass is 16.5. The minimum atomic E-state index is -0.119. The summed E-state index contributed by atoms with van der Waals surface area (Å²) in [6.45, 7) is 8.12. The van der Waals surface area contributed by atoms with E-state index >= 15 is 0 Å². The molecule has 1 atom stereocenters. The molecule has 0 heterocycles. The molecule has 0 aromatic carbocycles. The number of nitrogens with one attached hydrogen (secondary N) is 1. The molecule has 5 heteroatoms. The van der Waals surface area contributed by atoms with Crippen molar-refractivity contribution in [2.24, 2.45) is 11.7 Å². The molecule has 0 fully saturated rings. The van der Waals surface area contributed by atoms with Gasteiger partial charge in [-0.25, -0.2) is 0 Å². The predicted molar refractivity (Wildman–Crippen MR) is 63.1 cm³/mol. The van der Waals surface area contributed by atoms with Gasteiger partial charge >= 0.3 is 0 Å². The van der Waals surface area contributed by atoms with Gasteiger partial charge in [-0.3, -0.25) is 4.79 Å². The fourth-order valence-corrected chi connectivity index (χ4v) is 1.14. The van der Waals surface area contributed by atoms with Crippen LogP contribution in [0, 0.1) is 5.92 Å². The Morgan fingerprint density at radius 2 is 2.06 bits per heavy atom. The molecular weight excluding hydrogens is 208 g/mol. The third kappa shape index (κ3) is 7.62. The monoisotopic (exact) mass is 232 g/mol. The van der Waals surface area contributed by atoms with Crippen LogP contribution in [0.25, 0.3) is 0 Å². The Hall–Kier alpha value is -0.650. The van der Waals surface area contributed by atoms with E-state index in [2.05, 4.69) is 5.32 Å². The molecule has 96 valence electrons. The maximum Gasteiger partial charge on any atom is 0.246 e. The van der Waals surface area contributed by atoms with E-state index in [9.17, 15) is 4.79 Å². The molecule has 0 saturated carbocycles. The van der Waals surface area contributed by atoms with Crippen LogP contribution >= 0.6 is 0 Å². The first-order chi connectivity index (χ1) is 7.61. The molecule has 5 nitrogen and oxygen atoms in total. The van der Waals surface area contributed by atoms with E-state index in [1.807, 2.05) is 20.8 Å². The molecule has 0 rings (SSSR count). The maximum absolute atomic E-state index is 11.5. The Morgan fingerprint density at radius 3 is 2.56 bits per heavy atom. The second-order valence-corrected chi connectivity index (χ2v) is 3.92. The Labute approximate surface area is 97.7 Å². The van der Waals surface area contributed by atoms with E-state index in [-0.39, 0.29) is 18.6 Å². The molecule has 0 aromatic rings. The Morgan fingerprint density at radius 1 is 1.38 bits per heavy atom. The van der Waals surface area contributed by atoms with Gasteiger partial charge in [-0.15, -0.1) is 0 Å². The smallest absolute Gasteiger partial charge is 0.246 e. The topological polar surface area (TPSA) is 73.6 Å². The lowest BCUT2D eigenvalue weighted by molar-refractivity contribution is -0.127. The van der Waals surface area contributed by atoms with Crippen LogP contribution in [0.5, 0.6) is 0 Å². The van der Waals surface area contributed by atoms with Gasteiger partial charge in [0.15, 0.2) is 0 Å². The third-order valence-corrected chi connectivity index (χ3v) is 2.15. The fourth-order valence-electron chi connectivity index (χ4n) is 1.14. The van der Waals surface area contributed by atoms with Gasteiger partial charge in [0.05, 0.1) is 19.3 Å². The van der Waals surface area contributed by atoms with E-state index in [0.717, 1.165) is 0 Å². The molecule has 0 aliphatic heterocycles. The zero-order valence-electron chi connectivity index (χ0n) is 10.5. The highest BCUT2D eigenvalue weighted by Crippen LogP contribution is 2.02. The molecule has 3 N–H and O–H groups in total. The lowest BCUT2D eigenvalue weighted by Crippen LogP contribution is -2.43. The van der Waals surface area contributed by atoms with Gasteiger partial charge in [0, 0.05) is 13.2 Å². The van der Waals surface area contributed by atoms with E-state index < -0.39 is 0 Å². The van der Waals surface area contributed by atoms with Crippen LogP contribution in [-0.2, 0) is 14.3 Å². The minimum absolute atomic E-state index is 0.0360. The zero-order valence-corrected chi connectivity index (χ0v) is 10.5. The highest BCUT2D eigenvalue weighted by Gasteiger charge is 2.15. The standard InChI is InChI=1S/C11H24N2O3/c1-4-15-7-10(9(2)3)13-11(14)8-16-6-5-12/h9-10H,4-8,12H2,1-3H3,(H,13,14). The summed E-state index contributed by atoms with van der Waals surface area (Å²) in [6.07, 6.45) is 0. The first-order valence-electron chi connectivity index (χ1n) is 5.76. The van der Waals surface area contributed by atoms with Crippen molar-refractivity contribution >= 4 is 5.91 Å². The van der Waals surface area contributed by atoms with E-state index in [0.29, 0.717) is 32.3 Å². The number of hydrogen-bond acceptors (Lipinski definition) is 4. The summed E-state index contributed by atoms with van der Waals surface area (Å²) in [6, 6.07) is 0.0360. The number of carbonyl (C=O) groups is 1. The normalized spacial score (nSPS) is 12.8. The van der Waals surface area contributed by atoms with E-state index in [1.54, 1.807) is 0 Å². The highest BCUT2D eigenvalue weighted by molar-refractivity contribution is 5.77. The van der Waals surface area contributed by atoms with Gasteiger partial charge in [-0.1, -0.05) is 13.8 Å². The lowest BCUT2D eigenvalue weighted by Gasteiger charge is -2.22. The Bertz CT molecular complexity index is 186. The molecule has 0 aromatic heterocycles. The first kappa shape index (κ1) is 15.3. The van der Waals surface area contributed by atoms with Crippen molar-refractivity contribution in [3.8, 4) is 0 Å². The van der Waals surface area contributed by atoms with Crippen molar-refractivity contribution in [2.45, 2.75) is 26.8 Å². The van der Waals surface area contributed by atoms with Crippen molar-refractivity contribution in [3.63, 3.8) is 0 Å². The van der Waals surface area contributed by atoms with Gasteiger partial charge in [0.25, 0.3) is 0 Å². The predicted octanol–water partition coefficient (Wildman–Crippen LogP) is 0.139. The van der Waals surface area contributed by atoms with E-state index in [1.165, 1.54) is 0 Å². The number of hydrogen-bond donors (Lipinski definition) is 2. The molecule has 1 amide bonds. The second-order valence-electron chi connectivity index (χ2n) is 3.92. The van der Waals surface area contributed by atoms with Crippen molar-refractivity contribution in [2.75, 3.05) is 33.0 Å². The first-order valence-corrected chi connectivity index (χ1v) is 5.76. The Balaban J connectivity index is 3.83. The van der Waals surface area contributed by atoms with Gasteiger partial charge < -0.3 is 20.5 Å². The zero-order chi connectivity index (χ0) is 12.4. The lowest BCUT2D eigenvalue weighted by atomic mass is 10.1. The molecule has 0 radical (unpaired) electrons. The molecule has 16 heavy (non-hydrogen) atoms. The summed E-state index contributed by atoms with van der Waals surface area (Å²) in [5, 5.41) is 2.88. The fraction of sp³-hybridized carbons (Fsp3) is 0.909. The summed E-state index contributed by atoms with van der Waals surface area (Å²) >= 11 is 0. The molecule has 0 aliphatic rings. The van der Waals surface area contributed by atoms with Gasteiger partial charge in [-0.2, -0.15) is 0 Å². The summed E-state index contributed by atoms with van der Waals surface area (Å²) in [5.74, 6) is 0.219. The van der Waals surface area contributed by atoms with Gasteiger partial charge in [0.2, 0.25) is 5.91 Å². The van der Waals surface area contributed by atoms with Gasteiger partial charge in [0.1, 0.15) is 6.61 Å². The Kier molecular flexibility index (Phi) is 9.18. The molecule has 0 aliphatic carbocycles. The molecule has 0 saturated heterocycles. The number of amides is 1. The van der Waals surface area contributed by atoms with Crippen LogP contribution in [0.1, 0.15) is 20.8 Å². The average Bonchev–Trinajstić information content (AvgIpc) is 2.24. The summed E-state index contributed by atoms with van der Waals surface area (Å²) in [4.78, 5) is 11.5. The number of rotatable bonds is 9. The number of ether oxygens (including phenoxy) is 2. The van der Waals surface area contributed by atoms with Crippen molar-refractivity contribution in [3.05, 3.63) is 0 Å². The second kappa shape index (κ2) is 9.57. The quantitative estimate of drug-likeness (QED) is 0.555. The van der Waals surface area contributed by atoms with Crippen LogP contribution < -0.4 is 11.1 Å². The summed E-state index contributed by atoms with van der Waals surface area (Å²) in [5.41, 5.74) is 5.25. The average molecular weight is 232 g/mol. The van der Waals surface area contributed by atoms with Crippen molar-refractivity contribution < 1.29 is 14.3 Å². The molecule has 0 bridgehead atoms. The maximum atomic E-state index is 11.5. The largest absolute Gasteiger partial charge is 0.380 e. The van der Waals surface area contributed by atoms with Crippen molar-refractivity contribution in [1.82, 2.24) is 5.32 Å². The number of nitrogens with two attached hydrogens (primary N) is 1. The molecule has 1 unspecified atom stereocenters. The van der Waals surface area contributed by atoms with Crippen molar-refractivity contribution in [1.29, 1.82) is 0 Å². The van der Waals surface area contributed by atoms with Crippen LogP contribution in [0.2, 0.25) is 0 Å². The van der Waals surface area contributed by atoms with Crippen LogP contribution in [-0.4, -0.2) is 44.9 Å².